The van der Waals surface area contributed by atoms with E-state index in [1.807, 2.05) is 6.92 Å². The second-order valence-electron chi connectivity index (χ2n) is 6.19. The number of carbonyl (C=O) groups excluding carboxylic acids is 1. The highest BCUT2D eigenvalue weighted by atomic mass is 32.1. The molecule has 0 unspecified atom stereocenters. The summed E-state index contributed by atoms with van der Waals surface area (Å²) < 4.78 is 5.57. The Morgan fingerprint density at radius 1 is 1.25 bits per heavy atom. The van der Waals surface area contributed by atoms with Crippen LogP contribution in [0.25, 0.3) is 11.3 Å². The lowest BCUT2D eigenvalue weighted by atomic mass is 9.91. The Bertz CT molecular complexity index is 718. The number of nitrogens with one attached hydrogen (secondary N) is 2. The normalized spacial score (nSPS) is 16.8. The molecule has 0 bridgehead atoms. The molecule has 1 aromatic carbocycles. The van der Waals surface area contributed by atoms with Crippen LogP contribution < -0.4 is 10.6 Å². The molecule has 2 heterocycles. The standard InChI is InChI=1S/C18H23N3O2S/c1-12-4-6-14(7-5-12)15-13(2)24-17(20-15)21-16(22)18(23-3)8-10-19-11-9-18/h4-7,19H,8-11H2,1-3H3,(H,20,21,22). The zero-order valence-corrected chi connectivity index (χ0v) is 15.1. The zero-order chi connectivity index (χ0) is 17.2. The summed E-state index contributed by atoms with van der Waals surface area (Å²) in [4.78, 5) is 18.4. The van der Waals surface area contributed by atoms with E-state index >= 15 is 0 Å². The summed E-state index contributed by atoms with van der Waals surface area (Å²) in [6, 6.07) is 8.27. The molecule has 0 saturated carbocycles. The summed E-state index contributed by atoms with van der Waals surface area (Å²) in [7, 11) is 1.61. The maximum absolute atomic E-state index is 12.7. The number of aromatic nitrogens is 1. The Labute approximate surface area is 146 Å². The molecule has 1 saturated heterocycles. The predicted octanol–water partition coefficient (Wildman–Crippen LogP) is 3.13. The van der Waals surface area contributed by atoms with Gasteiger partial charge in [0.15, 0.2) is 5.13 Å². The van der Waals surface area contributed by atoms with E-state index < -0.39 is 5.60 Å². The fourth-order valence-corrected chi connectivity index (χ4v) is 3.83. The third-order valence-corrected chi connectivity index (χ3v) is 5.44. The average molecular weight is 345 g/mol. The highest BCUT2D eigenvalue weighted by Crippen LogP contribution is 2.32. The first-order chi connectivity index (χ1) is 11.5. The molecular weight excluding hydrogens is 322 g/mol. The van der Waals surface area contributed by atoms with Crippen molar-refractivity contribution in [1.29, 1.82) is 0 Å². The van der Waals surface area contributed by atoms with E-state index in [4.69, 9.17) is 4.74 Å². The molecule has 128 valence electrons. The molecule has 6 heteroatoms. The Morgan fingerprint density at radius 2 is 1.92 bits per heavy atom. The van der Waals surface area contributed by atoms with Crippen molar-refractivity contribution in [3.63, 3.8) is 0 Å². The van der Waals surface area contributed by atoms with Gasteiger partial charge < -0.3 is 10.1 Å². The molecule has 1 aromatic heterocycles. The maximum atomic E-state index is 12.7. The number of anilines is 1. The van der Waals surface area contributed by atoms with Gasteiger partial charge in [0.25, 0.3) is 5.91 Å². The highest BCUT2D eigenvalue weighted by molar-refractivity contribution is 7.16. The minimum Gasteiger partial charge on any atom is -0.368 e. The number of thiazole rings is 1. The lowest BCUT2D eigenvalue weighted by molar-refractivity contribution is -0.140. The lowest BCUT2D eigenvalue weighted by Crippen LogP contribution is -2.51. The van der Waals surface area contributed by atoms with Crippen molar-refractivity contribution in [1.82, 2.24) is 10.3 Å². The zero-order valence-electron chi connectivity index (χ0n) is 14.3. The van der Waals surface area contributed by atoms with E-state index in [2.05, 4.69) is 46.8 Å². The molecule has 3 rings (SSSR count). The van der Waals surface area contributed by atoms with Gasteiger partial charge in [-0.3, -0.25) is 10.1 Å². The monoisotopic (exact) mass is 345 g/mol. The molecule has 1 aliphatic heterocycles. The van der Waals surface area contributed by atoms with Gasteiger partial charge in [0.2, 0.25) is 0 Å². The van der Waals surface area contributed by atoms with Gasteiger partial charge >= 0.3 is 0 Å². The molecule has 0 spiro atoms. The summed E-state index contributed by atoms with van der Waals surface area (Å²) >= 11 is 1.50. The number of benzene rings is 1. The fourth-order valence-electron chi connectivity index (χ4n) is 2.99. The quantitative estimate of drug-likeness (QED) is 0.894. The molecule has 2 aromatic rings. The molecule has 1 amide bonds. The number of hydrogen-bond acceptors (Lipinski definition) is 5. The summed E-state index contributed by atoms with van der Waals surface area (Å²) in [5.74, 6) is -0.101. The van der Waals surface area contributed by atoms with Crippen LogP contribution in [0.4, 0.5) is 5.13 Å². The summed E-state index contributed by atoms with van der Waals surface area (Å²) in [6.45, 7) is 5.66. The fraction of sp³-hybridized carbons (Fsp3) is 0.444. The van der Waals surface area contributed by atoms with Gasteiger partial charge in [-0.15, -0.1) is 11.3 Å². The Hall–Kier alpha value is -1.76. The number of nitrogens with zero attached hydrogens (tertiary/aromatic N) is 1. The number of amides is 1. The SMILES string of the molecule is COC1(C(=O)Nc2nc(-c3ccc(C)cc3)c(C)s2)CCNCC1. The van der Waals surface area contributed by atoms with Gasteiger partial charge in [0.05, 0.1) is 5.69 Å². The number of carbonyl (C=O) groups is 1. The van der Waals surface area contributed by atoms with Crippen molar-refractivity contribution in [3.8, 4) is 11.3 Å². The van der Waals surface area contributed by atoms with E-state index in [9.17, 15) is 4.79 Å². The van der Waals surface area contributed by atoms with Crippen molar-refractivity contribution in [2.75, 3.05) is 25.5 Å². The second-order valence-corrected chi connectivity index (χ2v) is 7.40. The third kappa shape index (κ3) is 3.36. The van der Waals surface area contributed by atoms with E-state index in [-0.39, 0.29) is 5.91 Å². The number of aryl methyl sites for hydroxylation is 2. The average Bonchev–Trinajstić information content (AvgIpc) is 2.96. The highest BCUT2D eigenvalue weighted by Gasteiger charge is 2.40. The third-order valence-electron chi connectivity index (χ3n) is 4.56. The van der Waals surface area contributed by atoms with E-state index in [1.165, 1.54) is 16.9 Å². The molecular formula is C18H23N3O2S. The molecule has 5 nitrogen and oxygen atoms in total. The Morgan fingerprint density at radius 3 is 2.54 bits per heavy atom. The van der Waals surface area contributed by atoms with Gasteiger partial charge in [-0.2, -0.15) is 0 Å². The summed E-state index contributed by atoms with van der Waals surface area (Å²) in [5.41, 5.74) is 2.45. The van der Waals surface area contributed by atoms with E-state index in [0.717, 1.165) is 29.2 Å². The topological polar surface area (TPSA) is 63.2 Å². The van der Waals surface area contributed by atoms with Crippen LogP contribution in [-0.2, 0) is 9.53 Å². The minimum absolute atomic E-state index is 0.101. The van der Waals surface area contributed by atoms with Gasteiger partial charge in [-0.1, -0.05) is 29.8 Å². The first-order valence-corrected chi connectivity index (χ1v) is 8.97. The lowest BCUT2D eigenvalue weighted by Gasteiger charge is -2.34. The van der Waals surface area contributed by atoms with Gasteiger partial charge in [-0.05, 0) is 39.8 Å². The number of piperidine rings is 1. The number of ether oxygens (including phenoxy) is 1. The van der Waals surface area contributed by atoms with Crippen molar-refractivity contribution in [3.05, 3.63) is 34.7 Å². The Kier molecular flexibility index (Phi) is 4.99. The number of rotatable bonds is 4. The largest absolute Gasteiger partial charge is 0.368 e. The van der Waals surface area contributed by atoms with Crippen LogP contribution in [0, 0.1) is 13.8 Å². The van der Waals surface area contributed by atoms with Crippen LogP contribution in [0.5, 0.6) is 0 Å². The molecule has 0 atom stereocenters. The van der Waals surface area contributed by atoms with Crippen LogP contribution in [0.1, 0.15) is 23.3 Å². The summed E-state index contributed by atoms with van der Waals surface area (Å²) in [5, 5.41) is 6.85. The molecule has 1 aliphatic rings. The molecule has 0 radical (unpaired) electrons. The molecule has 24 heavy (non-hydrogen) atoms. The molecule has 1 fully saturated rings. The second kappa shape index (κ2) is 7.01. The van der Waals surface area contributed by atoms with Gasteiger partial charge in [-0.25, -0.2) is 4.98 Å². The molecule has 0 aliphatic carbocycles. The van der Waals surface area contributed by atoms with Crippen LogP contribution in [0.3, 0.4) is 0 Å². The first kappa shape index (κ1) is 17.1. The van der Waals surface area contributed by atoms with Gasteiger partial charge in [0.1, 0.15) is 5.60 Å². The number of hydrogen-bond donors (Lipinski definition) is 2. The van der Waals surface area contributed by atoms with Crippen molar-refractivity contribution >= 4 is 22.4 Å². The Balaban J connectivity index is 1.79. The van der Waals surface area contributed by atoms with Crippen molar-refractivity contribution in [2.24, 2.45) is 0 Å². The van der Waals surface area contributed by atoms with Crippen LogP contribution in [-0.4, -0.2) is 36.7 Å². The minimum atomic E-state index is -0.755. The van der Waals surface area contributed by atoms with Crippen LogP contribution in [0.2, 0.25) is 0 Å². The summed E-state index contributed by atoms with van der Waals surface area (Å²) in [6.07, 6.45) is 1.34. The van der Waals surface area contributed by atoms with Crippen molar-refractivity contribution < 1.29 is 9.53 Å². The predicted molar refractivity (Wildman–Crippen MR) is 97.5 cm³/mol. The van der Waals surface area contributed by atoms with E-state index in [0.29, 0.717) is 18.0 Å². The first-order valence-electron chi connectivity index (χ1n) is 8.16. The van der Waals surface area contributed by atoms with E-state index in [1.54, 1.807) is 7.11 Å². The van der Waals surface area contributed by atoms with Crippen LogP contribution in [0.15, 0.2) is 24.3 Å². The molecule has 2 N–H and O–H groups in total. The smallest absolute Gasteiger partial charge is 0.258 e. The van der Waals surface area contributed by atoms with Crippen LogP contribution >= 0.6 is 11.3 Å². The number of methoxy groups -OCH3 is 1. The van der Waals surface area contributed by atoms with Crippen molar-refractivity contribution in [2.45, 2.75) is 32.3 Å². The van der Waals surface area contributed by atoms with Gasteiger partial charge in [0, 0.05) is 17.6 Å². The maximum Gasteiger partial charge on any atom is 0.258 e.